The van der Waals surface area contributed by atoms with Gasteiger partial charge in [-0.15, -0.1) is 0 Å². The van der Waals surface area contributed by atoms with Crippen molar-refractivity contribution in [2.24, 2.45) is 0 Å². The van der Waals surface area contributed by atoms with Gasteiger partial charge in [0.2, 0.25) is 0 Å². The average Bonchev–Trinajstić information content (AvgIpc) is 2.42. The second kappa shape index (κ2) is 6.14. The van der Waals surface area contributed by atoms with E-state index in [1.54, 1.807) is 7.05 Å². The molecule has 2 N–H and O–H groups in total. The Balaban J connectivity index is 2.10. The third kappa shape index (κ3) is 3.32. The number of aromatic nitrogens is 1. The molecule has 0 saturated carbocycles. The number of piperidine rings is 1. The van der Waals surface area contributed by atoms with Crippen LogP contribution in [0, 0.1) is 11.6 Å². The fourth-order valence-electron chi connectivity index (χ4n) is 2.40. The Kier molecular flexibility index (Phi) is 4.52. The Bertz CT molecular complexity index is 439. The van der Waals surface area contributed by atoms with Crippen LogP contribution in [-0.2, 0) is 0 Å². The summed E-state index contributed by atoms with van der Waals surface area (Å²) in [5.74, 6) is -1.14. The topological polar surface area (TPSA) is 40.2 Å². The largest absolute Gasteiger partial charge is 0.371 e. The van der Waals surface area contributed by atoms with Crippen LogP contribution < -0.4 is 10.6 Å². The summed E-state index contributed by atoms with van der Waals surface area (Å²) < 4.78 is 27.0. The van der Waals surface area contributed by atoms with Gasteiger partial charge in [-0.3, -0.25) is 0 Å². The summed E-state index contributed by atoms with van der Waals surface area (Å²) in [5, 5.41) is 5.70. The highest BCUT2D eigenvalue weighted by atomic mass is 19.1. The van der Waals surface area contributed by atoms with Crippen LogP contribution in [0.4, 0.5) is 20.4 Å². The number of nitrogens with one attached hydrogen (secondary N) is 2. The van der Waals surface area contributed by atoms with Gasteiger partial charge >= 0.3 is 0 Å². The molecule has 1 fully saturated rings. The summed E-state index contributed by atoms with van der Waals surface area (Å²) in [6.45, 7) is 5.04. The van der Waals surface area contributed by atoms with Gasteiger partial charge < -0.3 is 15.5 Å². The maximum absolute atomic E-state index is 13.7. The number of nitrogens with zero attached hydrogens (tertiary/aromatic N) is 2. The van der Waals surface area contributed by atoms with Crippen molar-refractivity contribution < 1.29 is 8.78 Å². The lowest BCUT2D eigenvalue weighted by Gasteiger charge is -2.32. The second-order valence-corrected chi connectivity index (χ2v) is 4.78. The highest BCUT2D eigenvalue weighted by Crippen LogP contribution is 2.21. The van der Waals surface area contributed by atoms with Crippen molar-refractivity contribution in [1.29, 1.82) is 0 Å². The first-order chi connectivity index (χ1) is 9.13. The molecule has 0 aromatic carbocycles. The van der Waals surface area contributed by atoms with Gasteiger partial charge in [0.15, 0.2) is 23.3 Å². The maximum atomic E-state index is 13.7. The molecule has 0 spiro atoms. The van der Waals surface area contributed by atoms with Gasteiger partial charge in [0.05, 0.1) is 0 Å². The van der Waals surface area contributed by atoms with E-state index in [1.807, 2.05) is 0 Å². The van der Waals surface area contributed by atoms with Crippen molar-refractivity contribution in [1.82, 2.24) is 9.88 Å². The monoisotopic (exact) mass is 270 g/mol. The zero-order valence-electron chi connectivity index (χ0n) is 11.3. The summed E-state index contributed by atoms with van der Waals surface area (Å²) in [6, 6.07) is 1.02. The smallest absolute Gasteiger partial charge is 0.168 e. The molecule has 106 valence electrons. The molecule has 0 aliphatic carbocycles. The van der Waals surface area contributed by atoms with Crippen molar-refractivity contribution in [2.75, 3.05) is 37.3 Å². The highest BCUT2D eigenvalue weighted by molar-refractivity contribution is 5.47. The normalized spacial score (nSPS) is 20.3. The van der Waals surface area contributed by atoms with Crippen molar-refractivity contribution in [3.8, 4) is 0 Å². The minimum absolute atomic E-state index is 0.0621. The number of hydrogen-bond acceptors (Lipinski definition) is 4. The zero-order chi connectivity index (χ0) is 13.8. The molecule has 0 radical (unpaired) electrons. The van der Waals surface area contributed by atoms with Gasteiger partial charge in [0.25, 0.3) is 0 Å². The molecular formula is C13H20F2N4. The first-order valence-corrected chi connectivity index (χ1v) is 6.66. The fourth-order valence-corrected chi connectivity index (χ4v) is 2.40. The van der Waals surface area contributed by atoms with E-state index in [0.29, 0.717) is 0 Å². The Hall–Kier alpha value is -1.43. The van der Waals surface area contributed by atoms with Crippen molar-refractivity contribution >= 4 is 11.6 Å². The maximum Gasteiger partial charge on any atom is 0.168 e. The number of halogens is 2. The quantitative estimate of drug-likeness (QED) is 0.880. The summed E-state index contributed by atoms with van der Waals surface area (Å²) in [4.78, 5) is 6.25. The highest BCUT2D eigenvalue weighted by Gasteiger charge is 2.20. The third-order valence-corrected chi connectivity index (χ3v) is 3.46. The van der Waals surface area contributed by atoms with Gasteiger partial charge in [-0.05, 0) is 25.9 Å². The minimum Gasteiger partial charge on any atom is -0.371 e. The summed E-state index contributed by atoms with van der Waals surface area (Å²) in [5.41, 5.74) is 0. The van der Waals surface area contributed by atoms with E-state index in [2.05, 4.69) is 27.4 Å². The molecule has 2 heterocycles. The molecule has 1 aliphatic heterocycles. The SMILES string of the molecule is CCN1CCCC(Nc2nc(NC)c(F)cc2F)C1. The number of likely N-dealkylation sites (tertiary alicyclic amines) is 1. The molecule has 0 bridgehead atoms. The fraction of sp³-hybridized carbons (Fsp3) is 0.615. The van der Waals surface area contributed by atoms with E-state index in [0.717, 1.165) is 38.5 Å². The number of hydrogen-bond donors (Lipinski definition) is 2. The average molecular weight is 270 g/mol. The predicted octanol–water partition coefficient (Wildman–Crippen LogP) is 2.30. The van der Waals surface area contributed by atoms with E-state index in [-0.39, 0.29) is 17.7 Å². The molecule has 1 aromatic heterocycles. The lowest BCUT2D eigenvalue weighted by molar-refractivity contribution is 0.226. The van der Waals surface area contributed by atoms with Gasteiger partial charge in [-0.25, -0.2) is 13.8 Å². The molecule has 1 aromatic rings. The van der Waals surface area contributed by atoms with E-state index < -0.39 is 11.6 Å². The Morgan fingerprint density at radius 1 is 1.37 bits per heavy atom. The number of likely N-dealkylation sites (N-methyl/N-ethyl adjacent to an activating group) is 1. The minimum atomic E-state index is -0.677. The first kappa shape index (κ1) is 14.0. The van der Waals surface area contributed by atoms with E-state index in [1.165, 1.54) is 0 Å². The Labute approximate surface area is 112 Å². The van der Waals surface area contributed by atoms with Crippen LogP contribution in [0.3, 0.4) is 0 Å². The molecule has 1 unspecified atom stereocenters. The van der Waals surface area contributed by atoms with E-state index in [9.17, 15) is 8.78 Å². The van der Waals surface area contributed by atoms with Gasteiger partial charge in [0.1, 0.15) is 0 Å². The van der Waals surface area contributed by atoms with Crippen molar-refractivity contribution in [3.63, 3.8) is 0 Å². The molecule has 1 aliphatic rings. The van der Waals surface area contributed by atoms with Crippen LogP contribution in [0.25, 0.3) is 0 Å². The molecule has 1 saturated heterocycles. The van der Waals surface area contributed by atoms with Crippen LogP contribution in [0.15, 0.2) is 6.07 Å². The molecule has 2 rings (SSSR count). The predicted molar refractivity (Wildman–Crippen MR) is 72.5 cm³/mol. The summed E-state index contributed by atoms with van der Waals surface area (Å²) >= 11 is 0. The van der Waals surface area contributed by atoms with Crippen LogP contribution >= 0.6 is 0 Å². The van der Waals surface area contributed by atoms with Crippen LogP contribution in [0.5, 0.6) is 0 Å². The van der Waals surface area contributed by atoms with Crippen LogP contribution in [0.2, 0.25) is 0 Å². The third-order valence-electron chi connectivity index (χ3n) is 3.46. The second-order valence-electron chi connectivity index (χ2n) is 4.78. The number of rotatable bonds is 4. The summed E-state index contributed by atoms with van der Waals surface area (Å²) in [6.07, 6.45) is 2.05. The Morgan fingerprint density at radius 2 is 2.11 bits per heavy atom. The lowest BCUT2D eigenvalue weighted by Crippen LogP contribution is -2.42. The van der Waals surface area contributed by atoms with Gasteiger partial charge in [0, 0.05) is 25.7 Å². The zero-order valence-corrected chi connectivity index (χ0v) is 11.3. The first-order valence-electron chi connectivity index (χ1n) is 6.66. The molecule has 1 atom stereocenters. The summed E-state index contributed by atoms with van der Waals surface area (Å²) in [7, 11) is 1.56. The number of anilines is 2. The molecule has 6 heteroatoms. The van der Waals surface area contributed by atoms with Gasteiger partial charge in [-0.2, -0.15) is 0 Å². The van der Waals surface area contributed by atoms with Gasteiger partial charge in [-0.1, -0.05) is 6.92 Å². The van der Waals surface area contributed by atoms with Crippen molar-refractivity contribution in [3.05, 3.63) is 17.7 Å². The molecule has 4 nitrogen and oxygen atoms in total. The standard InChI is InChI=1S/C13H20F2N4/c1-3-19-6-4-5-9(8-19)17-13-11(15)7-10(14)12(16-2)18-13/h7,9H,3-6,8H2,1-2H3,(H2,16,17,18). The number of pyridine rings is 1. The molecular weight excluding hydrogens is 250 g/mol. The van der Waals surface area contributed by atoms with Crippen LogP contribution in [-0.4, -0.2) is 42.6 Å². The van der Waals surface area contributed by atoms with E-state index in [4.69, 9.17) is 0 Å². The molecule has 19 heavy (non-hydrogen) atoms. The molecule has 0 amide bonds. The van der Waals surface area contributed by atoms with Crippen LogP contribution in [0.1, 0.15) is 19.8 Å². The lowest BCUT2D eigenvalue weighted by atomic mass is 10.1. The van der Waals surface area contributed by atoms with Crippen molar-refractivity contribution in [2.45, 2.75) is 25.8 Å². The Morgan fingerprint density at radius 3 is 2.79 bits per heavy atom. The van der Waals surface area contributed by atoms with E-state index >= 15 is 0 Å².